The summed E-state index contributed by atoms with van der Waals surface area (Å²) in [6.07, 6.45) is 0. The highest BCUT2D eigenvalue weighted by Crippen LogP contribution is 2.48. The Bertz CT molecular complexity index is 2930. The molecule has 2 nitrogen and oxygen atoms in total. The Kier molecular flexibility index (Phi) is 9.45. The number of anilines is 6. The lowest BCUT2D eigenvalue weighted by Crippen LogP contribution is -2.61. The van der Waals surface area contributed by atoms with Gasteiger partial charge >= 0.3 is 0 Å². The van der Waals surface area contributed by atoms with Crippen molar-refractivity contribution in [2.24, 2.45) is 0 Å². The molecule has 10 rings (SSSR count). The molecule has 62 heavy (non-hydrogen) atoms. The summed E-state index contributed by atoms with van der Waals surface area (Å²) in [5, 5.41) is 0. The first-order valence-electron chi connectivity index (χ1n) is 22.2. The molecular formula is C59H55BN2. The predicted molar refractivity (Wildman–Crippen MR) is 266 cm³/mol. The maximum atomic E-state index is 2.57. The molecule has 3 heteroatoms. The van der Waals surface area contributed by atoms with E-state index in [9.17, 15) is 0 Å². The fourth-order valence-corrected chi connectivity index (χ4v) is 10.2. The minimum absolute atomic E-state index is 0.0135. The van der Waals surface area contributed by atoms with Crippen molar-refractivity contribution in [1.82, 2.24) is 0 Å². The molecule has 0 bridgehead atoms. The second-order valence-corrected chi connectivity index (χ2v) is 19.2. The van der Waals surface area contributed by atoms with Crippen LogP contribution in [0.15, 0.2) is 188 Å². The Morgan fingerprint density at radius 3 is 1.19 bits per heavy atom. The van der Waals surface area contributed by atoms with E-state index >= 15 is 0 Å². The van der Waals surface area contributed by atoms with Gasteiger partial charge in [0.2, 0.25) is 0 Å². The smallest absolute Gasteiger partial charge is 0.252 e. The maximum absolute atomic E-state index is 2.57. The van der Waals surface area contributed by atoms with Crippen LogP contribution in [-0.4, -0.2) is 6.71 Å². The van der Waals surface area contributed by atoms with E-state index < -0.39 is 0 Å². The van der Waals surface area contributed by atoms with E-state index in [1.54, 1.807) is 0 Å². The van der Waals surface area contributed by atoms with Crippen molar-refractivity contribution < 1.29 is 0 Å². The molecule has 0 aromatic heterocycles. The molecular weight excluding hydrogens is 747 g/mol. The molecule has 0 aliphatic carbocycles. The van der Waals surface area contributed by atoms with Gasteiger partial charge < -0.3 is 9.80 Å². The van der Waals surface area contributed by atoms with Crippen LogP contribution in [0.4, 0.5) is 34.1 Å². The zero-order valence-electron chi connectivity index (χ0n) is 37.4. The molecule has 8 aromatic rings. The molecule has 0 spiro atoms. The molecule has 8 aromatic carbocycles. The van der Waals surface area contributed by atoms with E-state index in [0.29, 0.717) is 0 Å². The Labute approximate surface area is 369 Å². The van der Waals surface area contributed by atoms with Gasteiger partial charge in [0.1, 0.15) is 0 Å². The first-order valence-corrected chi connectivity index (χ1v) is 22.2. The second kappa shape index (κ2) is 14.8. The van der Waals surface area contributed by atoms with Crippen LogP contribution in [0.25, 0.3) is 0 Å². The third-order valence-electron chi connectivity index (χ3n) is 14.3. The average molecular weight is 803 g/mol. The highest BCUT2D eigenvalue weighted by atomic mass is 15.2. The highest BCUT2D eigenvalue weighted by Gasteiger charge is 2.45. The van der Waals surface area contributed by atoms with Gasteiger partial charge in [0.05, 0.1) is 0 Å². The van der Waals surface area contributed by atoms with Crippen molar-refractivity contribution in [1.29, 1.82) is 0 Å². The van der Waals surface area contributed by atoms with Gasteiger partial charge in [-0.15, -0.1) is 0 Å². The van der Waals surface area contributed by atoms with Crippen LogP contribution in [0.2, 0.25) is 0 Å². The van der Waals surface area contributed by atoms with E-state index in [4.69, 9.17) is 0 Å². The topological polar surface area (TPSA) is 6.48 Å². The summed E-state index contributed by atoms with van der Waals surface area (Å²) in [6, 6.07) is 70.8. The molecule has 2 aliphatic rings. The predicted octanol–water partition coefficient (Wildman–Crippen LogP) is 13.4. The third-order valence-corrected chi connectivity index (χ3v) is 14.3. The molecule has 2 heterocycles. The van der Waals surface area contributed by atoms with Gasteiger partial charge in [-0.2, -0.15) is 0 Å². The van der Waals surface area contributed by atoms with Gasteiger partial charge in [-0.05, 0) is 112 Å². The Morgan fingerprint density at radius 2 is 0.694 bits per heavy atom. The normalized spacial score (nSPS) is 13.4. The summed E-state index contributed by atoms with van der Waals surface area (Å²) < 4.78 is 0. The molecule has 0 saturated carbocycles. The summed E-state index contributed by atoms with van der Waals surface area (Å²) >= 11 is 0. The van der Waals surface area contributed by atoms with Crippen molar-refractivity contribution in [3.8, 4) is 0 Å². The molecule has 0 amide bonds. The summed E-state index contributed by atoms with van der Waals surface area (Å²) in [4.78, 5) is 5.11. The van der Waals surface area contributed by atoms with Crippen LogP contribution in [-0.2, 0) is 16.2 Å². The molecule has 304 valence electrons. The number of aryl methyl sites for hydroxylation is 2. The first-order chi connectivity index (χ1) is 29.8. The number of benzene rings is 8. The minimum atomic E-state index is -0.284. The number of rotatable bonds is 8. The van der Waals surface area contributed by atoms with Crippen molar-refractivity contribution in [3.05, 3.63) is 233 Å². The van der Waals surface area contributed by atoms with Crippen LogP contribution >= 0.6 is 0 Å². The monoisotopic (exact) mass is 802 g/mol. The first kappa shape index (κ1) is 39.6. The van der Waals surface area contributed by atoms with Crippen molar-refractivity contribution in [2.75, 3.05) is 9.80 Å². The number of hydrogen-bond donors (Lipinski definition) is 0. The maximum Gasteiger partial charge on any atom is 0.252 e. The van der Waals surface area contributed by atoms with Crippen LogP contribution < -0.4 is 26.2 Å². The van der Waals surface area contributed by atoms with Gasteiger partial charge in [-0.3, -0.25) is 0 Å². The van der Waals surface area contributed by atoms with E-state index in [1.807, 2.05) is 0 Å². The standard InChI is InChI=1S/C59H55BN2/c1-40-24-30-48(31-25-40)61-52-34-26-41(2)36-50(52)60-51-37-46(58(5,6)43-20-14-10-15-21-43)29-35-53(51)62(49-32-27-45(28-33-49)57(3,4)42-18-12-9-13-19-42)55-39-47(38-54(61)56(55)60)59(7,8)44-22-16-11-17-23-44/h9-39H,1-8H3. The van der Waals surface area contributed by atoms with E-state index in [1.165, 1.54) is 89.3 Å². The Hall–Kier alpha value is -6.58. The average Bonchev–Trinajstić information content (AvgIpc) is 3.30. The van der Waals surface area contributed by atoms with Gasteiger partial charge in [0.25, 0.3) is 6.71 Å². The highest BCUT2D eigenvalue weighted by molar-refractivity contribution is 7.00. The largest absolute Gasteiger partial charge is 0.311 e. The molecule has 0 unspecified atom stereocenters. The summed E-state index contributed by atoms with van der Waals surface area (Å²) in [7, 11) is 0. The van der Waals surface area contributed by atoms with E-state index in [2.05, 4.69) is 253 Å². The Morgan fingerprint density at radius 1 is 0.323 bits per heavy atom. The van der Waals surface area contributed by atoms with Gasteiger partial charge in [-0.25, -0.2) is 0 Å². The lowest BCUT2D eigenvalue weighted by Gasteiger charge is -2.46. The van der Waals surface area contributed by atoms with Crippen molar-refractivity contribution in [3.63, 3.8) is 0 Å². The Balaban J connectivity index is 1.28. The zero-order valence-corrected chi connectivity index (χ0v) is 37.4. The van der Waals surface area contributed by atoms with Crippen LogP contribution in [0, 0.1) is 13.8 Å². The fraction of sp³-hybridized carbons (Fsp3) is 0.186. The third kappa shape index (κ3) is 6.40. The summed E-state index contributed by atoms with van der Waals surface area (Å²) in [6.45, 7) is 18.6. The van der Waals surface area contributed by atoms with Crippen LogP contribution in [0.5, 0.6) is 0 Å². The van der Waals surface area contributed by atoms with Crippen LogP contribution in [0.1, 0.15) is 86.1 Å². The quantitative estimate of drug-likeness (QED) is 0.141. The molecule has 0 radical (unpaired) electrons. The van der Waals surface area contributed by atoms with Gasteiger partial charge in [0.15, 0.2) is 0 Å². The van der Waals surface area contributed by atoms with Crippen molar-refractivity contribution >= 4 is 57.2 Å². The molecule has 0 fully saturated rings. The lowest BCUT2D eigenvalue weighted by atomic mass is 9.33. The minimum Gasteiger partial charge on any atom is -0.311 e. The van der Waals surface area contributed by atoms with E-state index in [-0.39, 0.29) is 23.0 Å². The molecule has 0 saturated heterocycles. The van der Waals surface area contributed by atoms with Gasteiger partial charge in [0, 0.05) is 50.4 Å². The van der Waals surface area contributed by atoms with Gasteiger partial charge in [-0.1, -0.05) is 192 Å². The number of hydrogen-bond acceptors (Lipinski definition) is 2. The van der Waals surface area contributed by atoms with Crippen LogP contribution in [0.3, 0.4) is 0 Å². The number of nitrogens with zero attached hydrogens (tertiary/aromatic N) is 2. The zero-order chi connectivity index (χ0) is 43.0. The van der Waals surface area contributed by atoms with E-state index in [0.717, 1.165) is 5.69 Å². The molecule has 2 aliphatic heterocycles. The lowest BCUT2D eigenvalue weighted by molar-refractivity contribution is 0.640. The SMILES string of the molecule is Cc1ccc(N2c3ccc(C)cc3B3c4cc(C(C)(C)c5ccccc5)ccc4N(c4ccc(C(C)(C)c5ccccc5)cc4)c4cc(C(C)(C)c5ccccc5)cc2c43)cc1. The molecule has 0 N–H and O–H groups in total. The second-order valence-electron chi connectivity index (χ2n) is 19.2. The van der Waals surface area contributed by atoms with Crippen molar-refractivity contribution in [2.45, 2.75) is 71.6 Å². The number of fused-ring (bicyclic) bond motifs is 4. The molecule has 0 atom stereocenters. The summed E-state index contributed by atoms with van der Waals surface area (Å²) in [5.74, 6) is 0. The fourth-order valence-electron chi connectivity index (χ4n) is 10.2. The summed E-state index contributed by atoms with van der Waals surface area (Å²) in [5.41, 5.74) is 20.9.